The van der Waals surface area contributed by atoms with Crippen molar-refractivity contribution in [3.63, 3.8) is 0 Å². The van der Waals surface area contributed by atoms with Crippen molar-refractivity contribution in [1.29, 1.82) is 0 Å². The first-order valence-electron chi connectivity index (χ1n) is 7.52. The van der Waals surface area contributed by atoms with E-state index < -0.39 is 10.8 Å². The Morgan fingerprint density at radius 1 is 1.32 bits per heavy atom. The molecular weight excluding hydrogens is 284 g/mol. The van der Waals surface area contributed by atoms with Crippen LogP contribution >= 0.6 is 0 Å². The third-order valence-electron chi connectivity index (χ3n) is 5.45. The first kappa shape index (κ1) is 16.5. The van der Waals surface area contributed by atoms with Crippen molar-refractivity contribution in [3.05, 3.63) is 11.4 Å². The van der Waals surface area contributed by atoms with Gasteiger partial charge in [0.25, 0.3) is 0 Å². The predicted octanol–water partition coefficient (Wildman–Crippen LogP) is 1.18. The summed E-state index contributed by atoms with van der Waals surface area (Å²) in [6, 6.07) is 0. The van der Waals surface area contributed by atoms with Gasteiger partial charge in [-0.1, -0.05) is 31.1 Å². The Morgan fingerprint density at radius 3 is 2.55 bits per heavy atom. The lowest BCUT2D eigenvalue weighted by Crippen LogP contribution is -2.49. The highest BCUT2D eigenvalue weighted by Gasteiger charge is 2.57. The Morgan fingerprint density at radius 2 is 2.00 bits per heavy atom. The minimum absolute atomic E-state index is 0.00179. The number of nitrogens with zero attached hydrogens (tertiary/aromatic N) is 2. The molecule has 122 valence electrons. The molecule has 7 heteroatoms. The van der Waals surface area contributed by atoms with E-state index >= 15 is 0 Å². The van der Waals surface area contributed by atoms with Gasteiger partial charge in [-0.2, -0.15) is 0 Å². The standard InChI is InChI=1S/C15H24N4O3/c1-9-11(19-22-18-9)8-17-13(21)15(4)7-6-10(12(20)16-5)14(15,2)3/h10H,6-8H2,1-5H3,(H,16,20)(H,17,21)/t10-,15+/m0/s1. The Balaban J connectivity index is 2.11. The molecule has 0 unspecified atom stereocenters. The molecule has 0 spiro atoms. The lowest BCUT2D eigenvalue weighted by molar-refractivity contribution is -0.138. The van der Waals surface area contributed by atoms with Crippen LogP contribution in [0.15, 0.2) is 4.63 Å². The van der Waals surface area contributed by atoms with E-state index in [0.717, 1.165) is 0 Å². The molecule has 2 rings (SSSR count). The normalized spacial score (nSPS) is 26.7. The minimum atomic E-state index is -0.602. The molecule has 1 aliphatic rings. The van der Waals surface area contributed by atoms with Crippen LogP contribution < -0.4 is 10.6 Å². The molecular formula is C15H24N4O3. The van der Waals surface area contributed by atoms with Crippen LogP contribution in [0, 0.1) is 23.7 Å². The van der Waals surface area contributed by atoms with E-state index in [-0.39, 0.29) is 24.3 Å². The molecule has 1 aromatic heterocycles. The van der Waals surface area contributed by atoms with Crippen molar-refractivity contribution in [2.45, 2.75) is 47.1 Å². The van der Waals surface area contributed by atoms with Crippen LogP contribution in [0.3, 0.4) is 0 Å². The molecule has 1 aromatic rings. The lowest BCUT2D eigenvalue weighted by atomic mass is 9.65. The second kappa shape index (κ2) is 5.70. The maximum Gasteiger partial charge on any atom is 0.226 e. The number of rotatable bonds is 4. The van der Waals surface area contributed by atoms with Crippen molar-refractivity contribution in [2.24, 2.45) is 16.7 Å². The van der Waals surface area contributed by atoms with Crippen molar-refractivity contribution >= 4 is 11.8 Å². The second-order valence-electron chi connectivity index (χ2n) is 6.74. The molecule has 22 heavy (non-hydrogen) atoms. The van der Waals surface area contributed by atoms with Crippen LogP contribution in [0.2, 0.25) is 0 Å². The molecule has 1 heterocycles. The highest BCUT2D eigenvalue weighted by Crippen LogP contribution is 2.56. The van der Waals surface area contributed by atoms with Gasteiger partial charge in [0.15, 0.2) is 0 Å². The van der Waals surface area contributed by atoms with Crippen LogP contribution in [0.25, 0.3) is 0 Å². The van der Waals surface area contributed by atoms with Crippen LogP contribution in [-0.2, 0) is 16.1 Å². The molecule has 7 nitrogen and oxygen atoms in total. The monoisotopic (exact) mass is 308 g/mol. The molecule has 2 N–H and O–H groups in total. The molecule has 0 radical (unpaired) electrons. The molecule has 1 fully saturated rings. The van der Waals surface area contributed by atoms with Gasteiger partial charge in [0.1, 0.15) is 11.4 Å². The summed E-state index contributed by atoms with van der Waals surface area (Å²) < 4.78 is 4.63. The Labute approximate surface area is 130 Å². The van der Waals surface area contributed by atoms with E-state index in [9.17, 15) is 9.59 Å². The molecule has 0 saturated heterocycles. The average Bonchev–Trinajstić information content (AvgIpc) is 2.98. The molecule has 2 amide bonds. The van der Waals surface area contributed by atoms with E-state index in [1.54, 1.807) is 14.0 Å². The van der Waals surface area contributed by atoms with Gasteiger partial charge in [-0.3, -0.25) is 9.59 Å². The number of amides is 2. The zero-order valence-electron chi connectivity index (χ0n) is 13.8. The fourth-order valence-corrected chi connectivity index (χ4v) is 3.31. The predicted molar refractivity (Wildman–Crippen MR) is 79.6 cm³/mol. The third kappa shape index (κ3) is 2.48. The number of aryl methyl sites for hydroxylation is 1. The summed E-state index contributed by atoms with van der Waals surface area (Å²) in [7, 11) is 1.63. The number of nitrogens with one attached hydrogen (secondary N) is 2. The van der Waals surface area contributed by atoms with Gasteiger partial charge in [0.05, 0.1) is 12.0 Å². The number of carbonyl (C=O) groups is 2. The molecule has 1 saturated carbocycles. The zero-order chi connectivity index (χ0) is 16.5. The quantitative estimate of drug-likeness (QED) is 0.870. The van der Waals surface area contributed by atoms with E-state index in [1.165, 1.54) is 0 Å². The van der Waals surface area contributed by atoms with Gasteiger partial charge >= 0.3 is 0 Å². The summed E-state index contributed by atoms with van der Waals surface area (Å²) in [6.07, 6.45) is 1.39. The number of hydrogen-bond acceptors (Lipinski definition) is 5. The largest absolute Gasteiger partial charge is 0.359 e. The van der Waals surface area contributed by atoms with Crippen LogP contribution in [0.4, 0.5) is 0 Å². The zero-order valence-corrected chi connectivity index (χ0v) is 13.8. The van der Waals surface area contributed by atoms with Gasteiger partial charge in [-0.05, 0) is 25.2 Å². The molecule has 0 bridgehead atoms. The Bertz CT molecular complexity index is 581. The highest BCUT2D eigenvalue weighted by molar-refractivity contribution is 5.87. The number of aromatic nitrogens is 2. The Hall–Kier alpha value is -1.92. The van der Waals surface area contributed by atoms with Gasteiger partial charge in [0, 0.05) is 13.0 Å². The van der Waals surface area contributed by atoms with Gasteiger partial charge in [-0.15, -0.1) is 0 Å². The average molecular weight is 308 g/mol. The summed E-state index contributed by atoms with van der Waals surface area (Å²) >= 11 is 0. The highest BCUT2D eigenvalue weighted by atomic mass is 16.6. The van der Waals surface area contributed by atoms with Gasteiger partial charge in [-0.25, -0.2) is 4.63 Å². The number of carbonyl (C=O) groups excluding carboxylic acids is 2. The molecule has 0 aliphatic heterocycles. The smallest absolute Gasteiger partial charge is 0.226 e. The van der Waals surface area contributed by atoms with Crippen LogP contribution in [-0.4, -0.2) is 29.2 Å². The molecule has 2 atom stereocenters. The first-order chi connectivity index (χ1) is 10.2. The maximum atomic E-state index is 12.7. The van der Waals surface area contributed by atoms with Crippen LogP contribution in [0.1, 0.15) is 45.0 Å². The summed E-state index contributed by atoms with van der Waals surface area (Å²) in [5.41, 5.74) is 0.263. The van der Waals surface area contributed by atoms with Crippen LogP contribution in [0.5, 0.6) is 0 Å². The Kier molecular flexibility index (Phi) is 4.26. The van der Waals surface area contributed by atoms with Crippen molar-refractivity contribution in [3.8, 4) is 0 Å². The summed E-state index contributed by atoms with van der Waals surface area (Å²) in [5, 5.41) is 13.1. The summed E-state index contributed by atoms with van der Waals surface area (Å²) in [6.45, 7) is 7.97. The van der Waals surface area contributed by atoms with Crippen molar-refractivity contribution in [1.82, 2.24) is 20.9 Å². The summed E-state index contributed by atoms with van der Waals surface area (Å²) in [4.78, 5) is 24.8. The third-order valence-corrected chi connectivity index (χ3v) is 5.45. The van der Waals surface area contributed by atoms with E-state index in [4.69, 9.17) is 0 Å². The van der Waals surface area contributed by atoms with Crippen molar-refractivity contribution in [2.75, 3.05) is 7.05 Å². The van der Waals surface area contributed by atoms with Gasteiger partial charge in [0.2, 0.25) is 11.8 Å². The lowest BCUT2D eigenvalue weighted by Gasteiger charge is -2.39. The van der Waals surface area contributed by atoms with Crippen molar-refractivity contribution < 1.29 is 14.2 Å². The molecule has 1 aliphatic carbocycles. The minimum Gasteiger partial charge on any atom is -0.359 e. The first-order valence-corrected chi connectivity index (χ1v) is 7.52. The van der Waals surface area contributed by atoms with E-state index in [2.05, 4.69) is 25.6 Å². The maximum absolute atomic E-state index is 12.7. The van der Waals surface area contributed by atoms with E-state index in [1.807, 2.05) is 20.8 Å². The van der Waals surface area contributed by atoms with E-state index in [0.29, 0.717) is 24.2 Å². The fraction of sp³-hybridized carbons (Fsp3) is 0.733. The topological polar surface area (TPSA) is 97.1 Å². The fourth-order valence-electron chi connectivity index (χ4n) is 3.31. The SMILES string of the molecule is CNC(=O)[C@@H]1CC[C@](C)(C(=O)NCc2nonc2C)C1(C)C. The second-order valence-corrected chi connectivity index (χ2v) is 6.74. The van der Waals surface area contributed by atoms with Gasteiger partial charge < -0.3 is 10.6 Å². The summed E-state index contributed by atoms with van der Waals surface area (Å²) in [5.74, 6) is -0.229. The molecule has 0 aromatic carbocycles. The number of hydrogen-bond donors (Lipinski definition) is 2.